The van der Waals surface area contributed by atoms with E-state index in [1.165, 1.54) is 37.7 Å². The Bertz CT molecular complexity index is 848. The Balaban J connectivity index is 1.78. The van der Waals surface area contributed by atoms with Crippen LogP contribution in [0.4, 0.5) is 5.82 Å². The van der Waals surface area contributed by atoms with Crippen molar-refractivity contribution >= 4 is 16.6 Å². The van der Waals surface area contributed by atoms with E-state index in [1.807, 2.05) is 10.8 Å². The van der Waals surface area contributed by atoms with Crippen molar-refractivity contribution in [3.8, 4) is 0 Å². The normalized spacial score (nSPS) is 19.2. The molecule has 2 N–H and O–H groups in total. The molecule has 0 atom stereocenters. The molecule has 0 unspecified atom stereocenters. The highest BCUT2D eigenvalue weighted by atomic mass is 16.1. The monoisotopic (exact) mass is 382 g/mol. The quantitative estimate of drug-likeness (QED) is 0.718. The van der Waals surface area contributed by atoms with Crippen LogP contribution in [0.1, 0.15) is 82.2 Å². The zero-order chi connectivity index (χ0) is 19.3. The molecule has 152 valence electrons. The van der Waals surface area contributed by atoms with Gasteiger partial charge in [-0.05, 0) is 68.1 Å². The number of pyridine rings is 2. The summed E-state index contributed by atoms with van der Waals surface area (Å²) in [5.41, 5.74) is 1.50. The standard InChI is InChI=1S/C23H34N4O/c1-2-3-11-25-22-14-19-20(15-26-22)23(28)27(18-9-12-24-13-10-18)16-21(19)17-7-5-4-6-8-17/h14-18,24H,2-13H2,1H3,(H,25,26). The Morgan fingerprint density at radius 3 is 2.68 bits per heavy atom. The number of hydrogen-bond acceptors (Lipinski definition) is 4. The maximum Gasteiger partial charge on any atom is 0.260 e. The number of nitrogens with zero attached hydrogens (tertiary/aromatic N) is 2. The lowest BCUT2D eigenvalue weighted by Crippen LogP contribution is -2.34. The third-order valence-electron chi connectivity index (χ3n) is 6.54. The summed E-state index contributed by atoms with van der Waals surface area (Å²) in [5.74, 6) is 1.47. The molecule has 5 nitrogen and oxygen atoms in total. The van der Waals surface area contributed by atoms with Crippen molar-refractivity contribution in [1.82, 2.24) is 14.9 Å². The first kappa shape index (κ1) is 19.4. The van der Waals surface area contributed by atoms with E-state index in [-0.39, 0.29) is 5.56 Å². The van der Waals surface area contributed by atoms with Crippen molar-refractivity contribution in [1.29, 1.82) is 0 Å². The van der Waals surface area contributed by atoms with Crippen molar-refractivity contribution in [2.24, 2.45) is 0 Å². The Hall–Kier alpha value is -1.88. The molecule has 3 heterocycles. The molecular weight excluding hydrogens is 348 g/mol. The largest absolute Gasteiger partial charge is 0.370 e. The van der Waals surface area contributed by atoms with E-state index in [0.717, 1.165) is 61.9 Å². The van der Waals surface area contributed by atoms with Gasteiger partial charge in [0.15, 0.2) is 0 Å². The summed E-state index contributed by atoms with van der Waals surface area (Å²) in [6.45, 7) is 5.11. The lowest BCUT2D eigenvalue weighted by molar-refractivity contribution is 0.359. The predicted octanol–water partition coefficient (Wildman–Crippen LogP) is 4.58. The van der Waals surface area contributed by atoms with Gasteiger partial charge in [-0.1, -0.05) is 32.6 Å². The van der Waals surface area contributed by atoms with Gasteiger partial charge >= 0.3 is 0 Å². The third kappa shape index (κ3) is 4.09. The molecule has 1 saturated carbocycles. The summed E-state index contributed by atoms with van der Waals surface area (Å²) in [7, 11) is 0. The maximum atomic E-state index is 13.3. The number of rotatable bonds is 6. The van der Waals surface area contributed by atoms with Gasteiger partial charge in [-0.3, -0.25) is 4.79 Å². The summed E-state index contributed by atoms with van der Waals surface area (Å²) in [6.07, 6.45) is 14.8. The minimum atomic E-state index is 0.133. The molecule has 28 heavy (non-hydrogen) atoms. The smallest absolute Gasteiger partial charge is 0.260 e. The molecule has 2 fully saturated rings. The molecule has 0 spiro atoms. The molecule has 5 heteroatoms. The lowest BCUT2D eigenvalue weighted by atomic mass is 9.83. The van der Waals surface area contributed by atoms with Crippen LogP contribution in [0, 0.1) is 0 Å². The van der Waals surface area contributed by atoms with Gasteiger partial charge in [-0.25, -0.2) is 4.98 Å². The van der Waals surface area contributed by atoms with Crippen molar-refractivity contribution < 1.29 is 0 Å². The van der Waals surface area contributed by atoms with Crippen LogP contribution in [0.15, 0.2) is 23.3 Å². The SMILES string of the molecule is CCCCNc1cc2c(C3CCCCC3)cn(C3CCNCC3)c(=O)c2cn1. The molecule has 1 aliphatic carbocycles. The van der Waals surface area contributed by atoms with Crippen molar-refractivity contribution in [3.63, 3.8) is 0 Å². The second-order valence-corrected chi connectivity index (χ2v) is 8.51. The number of piperidine rings is 1. The molecule has 2 aromatic heterocycles. The van der Waals surface area contributed by atoms with Crippen LogP contribution in [0.3, 0.4) is 0 Å². The Labute approximate surface area is 167 Å². The summed E-state index contributed by atoms with van der Waals surface area (Å²) in [4.78, 5) is 17.9. The third-order valence-corrected chi connectivity index (χ3v) is 6.54. The van der Waals surface area contributed by atoms with Gasteiger partial charge in [0.1, 0.15) is 5.82 Å². The number of anilines is 1. The molecule has 2 aliphatic rings. The Kier molecular flexibility index (Phi) is 6.30. The predicted molar refractivity (Wildman–Crippen MR) is 116 cm³/mol. The van der Waals surface area contributed by atoms with Gasteiger partial charge in [-0.2, -0.15) is 0 Å². The van der Waals surface area contributed by atoms with Crippen LogP contribution in [-0.4, -0.2) is 29.2 Å². The van der Waals surface area contributed by atoms with Crippen molar-refractivity contribution in [3.05, 3.63) is 34.4 Å². The first-order valence-electron chi connectivity index (χ1n) is 11.3. The summed E-state index contributed by atoms with van der Waals surface area (Å²) in [6, 6.07) is 2.44. The lowest BCUT2D eigenvalue weighted by Gasteiger charge is -2.29. The molecule has 1 saturated heterocycles. The van der Waals surface area contributed by atoms with Gasteiger partial charge in [0, 0.05) is 25.0 Å². The summed E-state index contributed by atoms with van der Waals surface area (Å²) in [5, 5.41) is 8.77. The van der Waals surface area contributed by atoms with Crippen molar-refractivity contribution in [2.75, 3.05) is 25.0 Å². The second kappa shape index (κ2) is 9.08. The molecule has 0 aromatic carbocycles. The van der Waals surface area contributed by atoms with Crippen LogP contribution in [0.5, 0.6) is 0 Å². The van der Waals surface area contributed by atoms with E-state index < -0.39 is 0 Å². The molecule has 0 amide bonds. The average Bonchev–Trinajstić information content (AvgIpc) is 2.75. The summed E-state index contributed by atoms with van der Waals surface area (Å²) >= 11 is 0. The fourth-order valence-electron chi connectivity index (χ4n) is 4.87. The van der Waals surface area contributed by atoms with Crippen LogP contribution in [-0.2, 0) is 0 Å². The highest BCUT2D eigenvalue weighted by Crippen LogP contribution is 2.36. The summed E-state index contributed by atoms with van der Waals surface area (Å²) < 4.78 is 2.04. The zero-order valence-electron chi connectivity index (χ0n) is 17.2. The fraction of sp³-hybridized carbons (Fsp3) is 0.652. The molecule has 0 bridgehead atoms. The van der Waals surface area contributed by atoms with E-state index in [0.29, 0.717) is 12.0 Å². The highest BCUT2D eigenvalue weighted by molar-refractivity contribution is 5.86. The molecular formula is C23H34N4O. The number of fused-ring (bicyclic) bond motifs is 1. The molecule has 4 rings (SSSR count). The zero-order valence-corrected chi connectivity index (χ0v) is 17.2. The topological polar surface area (TPSA) is 59.0 Å². The minimum Gasteiger partial charge on any atom is -0.370 e. The first-order chi connectivity index (χ1) is 13.8. The number of unbranched alkanes of at least 4 members (excludes halogenated alkanes) is 1. The van der Waals surface area contributed by atoms with Gasteiger partial charge in [-0.15, -0.1) is 0 Å². The van der Waals surface area contributed by atoms with Crippen LogP contribution in [0.25, 0.3) is 10.8 Å². The van der Waals surface area contributed by atoms with E-state index in [2.05, 4.69) is 34.8 Å². The van der Waals surface area contributed by atoms with Crippen LogP contribution >= 0.6 is 0 Å². The Morgan fingerprint density at radius 1 is 1.14 bits per heavy atom. The van der Waals surface area contributed by atoms with Gasteiger partial charge in [0.25, 0.3) is 5.56 Å². The van der Waals surface area contributed by atoms with Gasteiger partial charge < -0.3 is 15.2 Å². The van der Waals surface area contributed by atoms with E-state index in [9.17, 15) is 4.79 Å². The van der Waals surface area contributed by atoms with Crippen molar-refractivity contribution in [2.45, 2.75) is 76.7 Å². The fourth-order valence-corrected chi connectivity index (χ4v) is 4.87. The van der Waals surface area contributed by atoms with Gasteiger partial charge in [0.05, 0.1) is 5.39 Å². The molecule has 2 aromatic rings. The van der Waals surface area contributed by atoms with Crippen LogP contribution in [0.2, 0.25) is 0 Å². The maximum absolute atomic E-state index is 13.3. The van der Waals surface area contributed by atoms with E-state index >= 15 is 0 Å². The number of hydrogen-bond donors (Lipinski definition) is 2. The molecule has 1 aliphatic heterocycles. The first-order valence-corrected chi connectivity index (χ1v) is 11.3. The minimum absolute atomic E-state index is 0.133. The van der Waals surface area contributed by atoms with Crippen LogP contribution < -0.4 is 16.2 Å². The van der Waals surface area contributed by atoms with E-state index in [1.54, 1.807) is 0 Å². The van der Waals surface area contributed by atoms with Gasteiger partial charge in [0.2, 0.25) is 0 Å². The average molecular weight is 383 g/mol. The second-order valence-electron chi connectivity index (χ2n) is 8.51. The molecule has 0 radical (unpaired) electrons. The van der Waals surface area contributed by atoms with E-state index in [4.69, 9.17) is 0 Å². The Morgan fingerprint density at radius 2 is 1.93 bits per heavy atom. The number of nitrogens with one attached hydrogen (secondary N) is 2. The number of aromatic nitrogens is 2. The highest BCUT2D eigenvalue weighted by Gasteiger charge is 2.23.